The van der Waals surface area contributed by atoms with E-state index in [1.165, 1.54) is 0 Å². The molecule has 0 heterocycles. The lowest BCUT2D eigenvalue weighted by molar-refractivity contribution is -0.131. The third kappa shape index (κ3) is 2.41. The Hall–Kier alpha value is -0.253. The van der Waals surface area contributed by atoms with E-state index in [9.17, 15) is 4.79 Å². The van der Waals surface area contributed by atoms with Gasteiger partial charge in [0.25, 0.3) is 9.04 Å². The molecule has 0 bridgehead atoms. The highest BCUT2D eigenvalue weighted by Crippen LogP contribution is 2.57. The summed E-state index contributed by atoms with van der Waals surface area (Å²) in [6, 6.07) is 0. The molecule has 105 valence electrons. The van der Waals surface area contributed by atoms with Crippen molar-refractivity contribution in [2.45, 2.75) is 38.2 Å². The fourth-order valence-corrected chi connectivity index (χ4v) is 4.06. The molecule has 0 aliphatic heterocycles. The van der Waals surface area contributed by atoms with Gasteiger partial charge in [0, 0.05) is 11.3 Å². The van der Waals surface area contributed by atoms with Gasteiger partial charge in [0.1, 0.15) is 0 Å². The van der Waals surface area contributed by atoms with Crippen LogP contribution in [0.4, 0.5) is 0 Å². The molecule has 5 heteroatoms. The molecule has 0 aromatic heterocycles. The molecule has 19 heavy (non-hydrogen) atoms. The second kappa shape index (κ2) is 4.64. The van der Waals surface area contributed by atoms with Crippen LogP contribution in [0.25, 0.3) is 0 Å². The van der Waals surface area contributed by atoms with E-state index >= 15 is 0 Å². The van der Waals surface area contributed by atoms with E-state index < -0.39 is 13.4 Å². The zero-order valence-electron chi connectivity index (χ0n) is 11.9. The van der Waals surface area contributed by atoms with E-state index in [0.717, 1.165) is 11.3 Å². The van der Waals surface area contributed by atoms with Gasteiger partial charge < -0.3 is 4.43 Å². The van der Waals surface area contributed by atoms with Crippen molar-refractivity contribution in [3.63, 3.8) is 0 Å². The normalized spacial score (nSPS) is 31.3. The summed E-state index contributed by atoms with van der Waals surface area (Å²) in [5, 5.41) is 0. The highest BCUT2D eigenvalue weighted by Gasteiger charge is 2.62. The Kier molecular flexibility index (Phi) is 3.70. The van der Waals surface area contributed by atoms with Crippen LogP contribution in [-0.4, -0.2) is 19.2 Å². The summed E-state index contributed by atoms with van der Waals surface area (Å²) in [6.07, 6.45) is 3.90. The van der Waals surface area contributed by atoms with E-state index in [-0.39, 0.29) is 23.0 Å². The van der Waals surface area contributed by atoms with Gasteiger partial charge >= 0.3 is 0 Å². The van der Waals surface area contributed by atoms with Crippen LogP contribution in [-0.2, 0) is 9.22 Å². The minimum Gasteiger partial charge on any atom is -0.545 e. The van der Waals surface area contributed by atoms with E-state index in [1.807, 2.05) is 12.2 Å². The number of carbonyl (C=O) groups is 1. The number of hydrogen-bond acceptors (Lipinski definition) is 2. The number of carbonyl (C=O) groups excluding carboxylic acids is 1. The smallest absolute Gasteiger partial charge is 0.273 e. The van der Waals surface area contributed by atoms with Gasteiger partial charge in [-0.1, -0.05) is 56.1 Å². The first-order chi connectivity index (χ1) is 8.56. The molecule has 2 nitrogen and oxygen atoms in total. The number of hydrogen-bond donors (Lipinski definition) is 0. The van der Waals surface area contributed by atoms with Crippen LogP contribution in [0.5, 0.6) is 0 Å². The highest BCUT2D eigenvalue weighted by atomic mass is 35.5. The second-order valence-electron chi connectivity index (χ2n) is 6.39. The lowest BCUT2D eigenvalue weighted by atomic mass is 9.70. The van der Waals surface area contributed by atoms with Crippen molar-refractivity contribution in [1.29, 1.82) is 0 Å². The Morgan fingerprint density at radius 1 is 1.37 bits per heavy atom. The van der Waals surface area contributed by atoms with Gasteiger partial charge in [-0.2, -0.15) is 0 Å². The van der Waals surface area contributed by atoms with E-state index in [2.05, 4.69) is 33.9 Å². The number of alkyl halides is 2. The summed E-state index contributed by atoms with van der Waals surface area (Å²) in [7, 11) is -0.883. The molecule has 0 N–H and O–H groups in total. The Labute approximate surface area is 126 Å². The van der Waals surface area contributed by atoms with Crippen LogP contribution in [0.1, 0.15) is 20.8 Å². The van der Waals surface area contributed by atoms with Crippen molar-refractivity contribution in [3.05, 3.63) is 23.5 Å². The summed E-state index contributed by atoms with van der Waals surface area (Å²) >= 11 is 12.1. The fraction of sp³-hybridized carbons (Fsp3) is 0.643. The third-order valence-electron chi connectivity index (χ3n) is 3.46. The van der Waals surface area contributed by atoms with Crippen LogP contribution in [0.3, 0.4) is 0 Å². The van der Waals surface area contributed by atoms with Gasteiger partial charge in [-0.15, -0.1) is 0 Å². The van der Waals surface area contributed by atoms with Gasteiger partial charge in [-0.25, -0.2) is 0 Å². The van der Waals surface area contributed by atoms with Crippen molar-refractivity contribution < 1.29 is 9.22 Å². The average molecular weight is 318 g/mol. The minimum absolute atomic E-state index is 0.104. The van der Waals surface area contributed by atoms with Crippen LogP contribution in [0, 0.1) is 17.3 Å². The zero-order chi connectivity index (χ0) is 14.6. The van der Waals surface area contributed by atoms with Gasteiger partial charge in [-0.05, 0) is 18.7 Å². The van der Waals surface area contributed by atoms with Crippen molar-refractivity contribution in [2.24, 2.45) is 17.3 Å². The molecule has 2 unspecified atom stereocenters. The molecule has 0 saturated heterocycles. The number of halogens is 2. The maximum atomic E-state index is 12.1. The lowest BCUT2D eigenvalue weighted by Crippen LogP contribution is -2.54. The first kappa shape index (κ1) is 15.1. The molecule has 1 fully saturated rings. The number of rotatable bonds is 2. The zero-order valence-corrected chi connectivity index (χ0v) is 14.4. The van der Waals surface area contributed by atoms with Gasteiger partial charge in [0.05, 0.1) is 11.7 Å². The summed E-state index contributed by atoms with van der Waals surface area (Å²) in [5.41, 5.74) is 0.832. The first-order valence-corrected chi connectivity index (χ1v) is 9.56. The topological polar surface area (TPSA) is 26.3 Å². The standard InChI is InChI=1S/C14H19Cl2O2Si/c1-13(2,3)12(18-19(4)5)8-6-7-9-10(8)11(17)14(9,15)16/h6-7,9-10H,1-5H3. The lowest BCUT2D eigenvalue weighted by Gasteiger charge is -2.42. The quantitative estimate of drug-likeness (QED) is 0.435. The second-order valence-corrected chi connectivity index (χ2v) is 9.80. The van der Waals surface area contributed by atoms with Crippen molar-refractivity contribution >= 4 is 38.0 Å². The highest BCUT2D eigenvalue weighted by molar-refractivity contribution is 6.61. The summed E-state index contributed by atoms with van der Waals surface area (Å²) in [6.45, 7) is 10.5. The van der Waals surface area contributed by atoms with Crippen molar-refractivity contribution in [2.75, 3.05) is 0 Å². The number of fused-ring (bicyclic) bond motifs is 1. The van der Waals surface area contributed by atoms with E-state index in [4.69, 9.17) is 27.6 Å². The van der Waals surface area contributed by atoms with E-state index in [1.54, 1.807) is 0 Å². The number of allylic oxidation sites excluding steroid dienone is 4. The Bertz CT molecular complexity index is 472. The van der Waals surface area contributed by atoms with Gasteiger partial charge in [-0.3, -0.25) is 4.79 Å². The molecule has 0 spiro atoms. The predicted octanol–water partition coefficient (Wildman–Crippen LogP) is 4.11. The molecule has 0 aromatic carbocycles. The molecule has 2 aliphatic carbocycles. The molecule has 1 saturated carbocycles. The first-order valence-electron chi connectivity index (χ1n) is 6.40. The van der Waals surface area contributed by atoms with Crippen molar-refractivity contribution in [3.8, 4) is 0 Å². The third-order valence-corrected chi connectivity index (χ3v) is 4.95. The minimum atomic E-state index is -1.25. The molecule has 0 amide bonds. The maximum Gasteiger partial charge on any atom is 0.273 e. The molecule has 2 rings (SSSR count). The Balaban J connectivity index is 2.41. The largest absolute Gasteiger partial charge is 0.545 e. The molecule has 1 radical (unpaired) electrons. The predicted molar refractivity (Wildman–Crippen MR) is 80.6 cm³/mol. The summed E-state index contributed by atoms with van der Waals surface area (Å²) < 4.78 is 4.81. The van der Waals surface area contributed by atoms with Gasteiger partial charge in [0.2, 0.25) is 0 Å². The monoisotopic (exact) mass is 317 g/mol. The van der Waals surface area contributed by atoms with Gasteiger partial charge in [0.15, 0.2) is 10.1 Å². The number of Topliss-reactive ketones (excluding diaryl/α,β-unsaturated/α-hetero) is 1. The summed E-state index contributed by atoms with van der Waals surface area (Å²) in [5.74, 6) is 0.480. The van der Waals surface area contributed by atoms with Crippen molar-refractivity contribution in [1.82, 2.24) is 0 Å². The van der Waals surface area contributed by atoms with Crippen LogP contribution >= 0.6 is 23.2 Å². The van der Waals surface area contributed by atoms with Crippen LogP contribution < -0.4 is 0 Å². The number of ketones is 1. The maximum absolute atomic E-state index is 12.1. The summed E-state index contributed by atoms with van der Waals surface area (Å²) in [4.78, 5) is 12.1. The molecular weight excluding hydrogens is 299 g/mol. The van der Waals surface area contributed by atoms with Crippen LogP contribution in [0.2, 0.25) is 13.1 Å². The molecule has 2 atom stereocenters. The fourth-order valence-electron chi connectivity index (χ4n) is 2.59. The molecule has 0 aromatic rings. The Morgan fingerprint density at radius 2 is 1.95 bits per heavy atom. The van der Waals surface area contributed by atoms with E-state index in [0.29, 0.717) is 0 Å². The Morgan fingerprint density at radius 3 is 2.42 bits per heavy atom. The SMILES string of the molecule is C[Si](C)OC(=C1C=CC2C1C(=O)C2(Cl)Cl)C(C)(C)C. The molecular formula is C14H19Cl2O2Si. The average Bonchev–Trinajstić information content (AvgIpc) is 2.65. The molecule has 2 aliphatic rings. The van der Waals surface area contributed by atoms with Crippen LogP contribution in [0.15, 0.2) is 23.5 Å².